The standard InChI is InChI=1S/C20H19N3O3/c24-20(9-10-22-15-21-18-7-1-2-8-19(18)22)23(13-16-5-3-11-25-16)14-17-6-4-12-26-17/h1-8,11-12,15H,9-10,13-14H2. The third-order valence-electron chi connectivity index (χ3n) is 4.30. The molecule has 3 aromatic heterocycles. The van der Waals surface area contributed by atoms with Gasteiger partial charge in [0.15, 0.2) is 0 Å². The van der Waals surface area contributed by atoms with Crippen molar-refractivity contribution < 1.29 is 13.6 Å². The minimum atomic E-state index is 0.0376. The Morgan fingerprint density at radius 3 is 2.31 bits per heavy atom. The van der Waals surface area contributed by atoms with Crippen LogP contribution in [0.1, 0.15) is 17.9 Å². The number of para-hydroxylation sites is 2. The van der Waals surface area contributed by atoms with Gasteiger partial charge in [-0.05, 0) is 36.4 Å². The molecule has 0 aliphatic heterocycles. The maximum atomic E-state index is 12.8. The number of furan rings is 2. The van der Waals surface area contributed by atoms with E-state index in [1.807, 2.05) is 53.1 Å². The summed E-state index contributed by atoms with van der Waals surface area (Å²) in [5.41, 5.74) is 1.96. The molecule has 0 saturated heterocycles. The average Bonchev–Trinajstić information content (AvgIpc) is 3.41. The second-order valence-corrected chi connectivity index (χ2v) is 6.09. The van der Waals surface area contributed by atoms with E-state index in [9.17, 15) is 4.79 Å². The molecule has 0 atom stereocenters. The minimum Gasteiger partial charge on any atom is -0.467 e. The van der Waals surface area contributed by atoms with Crippen LogP contribution in [0.4, 0.5) is 0 Å². The van der Waals surface area contributed by atoms with E-state index < -0.39 is 0 Å². The molecule has 3 heterocycles. The highest BCUT2D eigenvalue weighted by Gasteiger charge is 2.17. The van der Waals surface area contributed by atoms with E-state index in [-0.39, 0.29) is 5.91 Å². The van der Waals surface area contributed by atoms with Crippen LogP contribution in [0.25, 0.3) is 11.0 Å². The fraction of sp³-hybridized carbons (Fsp3) is 0.200. The molecule has 0 aliphatic rings. The summed E-state index contributed by atoms with van der Waals surface area (Å²) >= 11 is 0. The first-order chi connectivity index (χ1) is 12.8. The molecule has 26 heavy (non-hydrogen) atoms. The van der Waals surface area contributed by atoms with Crippen LogP contribution in [-0.2, 0) is 24.4 Å². The van der Waals surface area contributed by atoms with Gasteiger partial charge >= 0.3 is 0 Å². The lowest BCUT2D eigenvalue weighted by Crippen LogP contribution is -2.30. The fourth-order valence-electron chi connectivity index (χ4n) is 2.98. The van der Waals surface area contributed by atoms with Gasteiger partial charge in [0.1, 0.15) is 11.5 Å². The SMILES string of the molecule is O=C(CCn1cnc2ccccc21)N(Cc1ccco1)Cc1ccco1. The summed E-state index contributed by atoms with van der Waals surface area (Å²) in [6, 6.07) is 15.3. The zero-order chi connectivity index (χ0) is 17.8. The number of imidazole rings is 1. The third kappa shape index (κ3) is 3.54. The molecule has 6 heteroatoms. The molecule has 0 bridgehead atoms. The van der Waals surface area contributed by atoms with Crippen LogP contribution < -0.4 is 0 Å². The number of aromatic nitrogens is 2. The number of hydrogen-bond acceptors (Lipinski definition) is 4. The molecule has 0 fully saturated rings. The molecule has 6 nitrogen and oxygen atoms in total. The molecule has 0 spiro atoms. The second-order valence-electron chi connectivity index (χ2n) is 6.09. The number of aryl methyl sites for hydroxylation is 1. The summed E-state index contributed by atoms with van der Waals surface area (Å²) in [6.45, 7) is 1.40. The number of benzene rings is 1. The Bertz CT molecular complexity index is 935. The molecule has 0 unspecified atom stereocenters. The predicted molar refractivity (Wildman–Crippen MR) is 96.0 cm³/mol. The van der Waals surface area contributed by atoms with Crippen LogP contribution >= 0.6 is 0 Å². The molecule has 0 N–H and O–H groups in total. The monoisotopic (exact) mass is 349 g/mol. The van der Waals surface area contributed by atoms with Gasteiger partial charge in [-0.15, -0.1) is 0 Å². The highest BCUT2D eigenvalue weighted by Crippen LogP contribution is 2.15. The quantitative estimate of drug-likeness (QED) is 0.508. The van der Waals surface area contributed by atoms with Crippen molar-refractivity contribution in [2.45, 2.75) is 26.1 Å². The molecule has 0 radical (unpaired) electrons. The highest BCUT2D eigenvalue weighted by molar-refractivity contribution is 5.77. The Morgan fingerprint density at radius 1 is 0.962 bits per heavy atom. The summed E-state index contributed by atoms with van der Waals surface area (Å²) in [6.07, 6.45) is 5.38. The summed E-state index contributed by atoms with van der Waals surface area (Å²) < 4.78 is 12.8. The van der Waals surface area contributed by atoms with Crippen molar-refractivity contribution in [1.82, 2.24) is 14.5 Å². The van der Waals surface area contributed by atoms with Crippen LogP contribution in [0.3, 0.4) is 0 Å². The van der Waals surface area contributed by atoms with Crippen LogP contribution in [-0.4, -0.2) is 20.4 Å². The number of carbonyl (C=O) groups is 1. The van der Waals surface area contributed by atoms with Gasteiger partial charge in [0.2, 0.25) is 5.91 Å². The van der Waals surface area contributed by atoms with Gasteiger partial charge < -0.3 is 18.3 Å². The van der Waals surface area contributed by atoms with Crippen molar-refractivity contribution in [3.63, 3.8) is 0 Å². The Balaban J connectivity index is 1.46. The number of amides is 1. The molecular weight excluding hydrogens is 330 g/mol. The number of hydrogen-bond donors (Lipinski definition) is 0. The summed E-state index contributed by atoms with van der Waals surface area (Å²) in [5.74, 6) is 1.53. The van der Waals surface area contributed by atoms with Crippen LogP contribution in [0.15, 0.2) is 76.2 Å². The normalized spacial score (nSPS) is 11.1. The summed E-state index contributed by atoms with van der Waals surface area (Å²) in [4.78, 5) is 19.0. The molecule has 1 amide bonds. The van der Waals surface area contributed by atoms with E-state index in [1.165, 1.54) is 0 Å². The van der Waals surface area contributed by atoms with Crippen LogP contribution in [0.2, 0.25) is 0 Å². The Kier molecular flexibility index (Phi) is 4.55. The number of rotatable bonds is 7. The predicted octanol–water partition coefficient (Wildman–Crippen LogP) is 3.84. The Labute approximate surface area is 150 Å². The van der Waals surface area contributed by atoms with Gasteiger partial charge in [0, 0.05) is 13.0 Å². The first-order valence-electron chi connectivity index (χ1n) is 8.52. The maximum absolute atomic E-state index is 12.8. The zero-order valence-electron chi connectivity index (χ0n) is 14.2. The van der Waals surface area contributed by atoms with E-state index in [0.717, 1.165) is 22.6 Å². The number of carbonyl (C=O) groups excluding carboxylic acids is 1. The van der Waals surface area contributed by atoms with Crippen molar-refractivity contribution in [1.29, 1.82) is 0 Å². The topological polar surface area (TPSA) is 64.4 Å². The van der Waals surface area contributed by atoms with Crippen molar-refractivity contribution in [2.24, 2.45) is 0 Å². The van der Waals surface area contributed by atoms with Gasteiger partial charge in [-0.25, -0.2) is 4.98 Å². The van der Waals surface area contributed by atoms with E-state index in [4.69, 9.17) is 8.83 Å². The zero-order valence-corrected chi connectivity index (χ0v) is 14.2. The van der Waals surface area contributed by atoms with Crippen molar-refractivity contribution in [2.75, 3.05) is 0 Å². The first kappa shape index (κ1) is 16.2. The molecule has 0 aliphatic carbocycles. The summed E-state index contributed by atoms with van der Waals surface area (Å²) in [5, 5.41) is 0. The van der Waals surface area contributed by atoms with Gasteiger partial charge in [0.05, 0.1) is 43.0 Å². The first-order valence-corrected chi connectivity index (χ1v) is 8.52. The highest BCUT2D eigenvalue weighted by atomic mass is 16.3. The van der Waals surface area contributed by atoms with Crippen LogP contribution in [0.5, 0.6) is 0 Å². The molecular formula is C20H19N3O3. The third-order valence-corrected chi connectivity index (χ3v) is 4.30. The number of nitrogens with zero attached hydrogens (tertiary/aromatic N) is 3. The summed E-state index contributed by atoms with van der Waals surface area (Å²) in [7, 11) is 0. The second kappa shape index (κ2) is 7.31. The Morgan fingerprint density at radius 2 is 1.65 bits per heavy atom. The van der Waals surface area contributed by atoms with Gasteiger partial charge in [-0.2, -0.15) is 0 Å². The van der Waals surface area contributed by atoms with E-state index >= 15 is 0 Å². The minimum absolute atomic E-state index is 0.0376. The van der Waals surface area contributed by atoms with E-state index in [1.54, 1.807) is 23.8 Å². The van der Waals surface area contributed by atoms with Crippen molar-refractivity contribution >= 4 is 16.9 Å². The lowest BCUT2D eigenvalue weighted by atomic mass is 10.2. The van der Waals surface area contributed by atoms with Crippen LogP contribution in [0, 0.1) is 0 Å². The van der Waals surface area contributed by atoms with Crippen molar-refractivity contribution in [3.8, 4) is 0 Å². The van der Waals surface area contributed by atoms with Gasteiger partial charge in [-0.1, -0.05) is 12.1 Å². The van der Waals surface area contributed by atoms with Gasteiger partial charge in [-0.3, -0.25) is 4.79 Å². The molecule has 0 saturated carbocycles. The lowest BCUT2D eigenvalue weighted by Gasteiger charge is -2.21. The Hall–Kier alpha value is -3.28. The molecule has 4 rings (SSSR count). The van der Waals surface area contributed by atoms with E-state index in [2.05, 4.69) is 4.98 Å². The molecule has 1 aromatic carbocycles. The largest absolute Gasteiger partial charge is 0.467 e. The molecule has 4 aromatic rings. The van der Waals surface area contributed by atoms with E-state index in [0.29, 0.717) is 26.1 Å². The number of fused-ring (bicyclic) bond motifs is 1. The molecule has 132 valence electrons. The van der Waals surface area contributed by atoms with Crippen molar-refractivity contribution in [3.05, 3.63) is 78.9 Å². The average molecular weight is 349 g/mol. The lowest BCUT2D eigenvalue weighted by molar-refractivity contribution is -0.133. The smallest absolute Gasteiger partial charge is 0.225 e. The van der Waals surface area contributed by atoms with Gasteiger partial charge in [0.25, 0.3) is 0 Å². The fourth-order valence-corrected chi connectivity index (χ4v) is 2.98. The maximum Gasteiger partial charge on any atom is 0.225 e.